The summed E-state index contributed by atoms with van der Waals surface area (Å²) in [6.07, 6.45) is 7.70. The Hall–Kier alpha value is -1.28. The Labute approximate surface area is 142 Å². The fourth-order valence-electron chi connectivity index (χ4n) is 2.45. The molecule has 0 unspecified atom stereocenters. The third-order valence-electron chi connectivity index (χ3n) is 4.06. The molecule has 0 spiro atoms. The number of rotatable bonds is 11. The lowest BCUT2D eigenvalue weighted by Crippen LogP contribution is -2.24. The first-order valence-electron chi connectivity index (χ1n) is 8.98. The van der Waals surface area contributed by atoms with Gasteiger partial charge in [0, 0.05) is 6.61 Å². The first kappa shape index (κ1) is 19.8. The Bertz CT molecular complexity index is 457. The van der Waals surface area contributed by atoms with Crippen molar-refractivity contribution < 1.29 is 9.47 Å². The van der Waals surface area contributed by atoms with Crippen molar-refractivity contribution in [3.05, 3.63) is 41.5 Å². The van der Waals surface area contributed by atoms with Crippen molar-refractivity contribution >= 4 is 0 Å². The van der Waals surface area contributed by atoms with Gasteiger partial charge >= 0.3 is 0 Å². The minimum Gasteiger partial charge on any atom is -0.490 e. The highest BCUT2D eigenvalue weighted by Crippen LogP contribution is 2.20. The normalized spacial score (nSPS) is 12.5. The predicted molar refractivity (Wildman–Crippen MR) is 99.2 cm³/mol. The summed E-state index contributed by atoms with van der Waals surface area (Å²) < 4.78 is 11.6. The molecule has 0 aromatic heterocycles. The second kappa shape index (κ2) is 10.5. The van der Waals surface area contributed by atoms with Gasteiger partial charge in [0.1, 0.15) is 12.4 Å². The Morgan fingerprint density at radius 1 is 1.13 bits per heavy atom. The Balaban J connectivity index is 2.26. The molecule has 0 saturated heterocycles. The fraction of sp³-hybridized carbons (Fsp3) is 0.619. The predicted octanol–water partition coefficient (Wildman–Crippen LogP) is 5.95. The van der Waals surface area contributed by atoms with Gasteiger partial charge in [-0.3, -0.25) is 0 Å². The Kier molecular flexibility index (Phi) is 9.01. The molecule has 1 aromatic carbocycles. The molecule has 0 atom stereocenters. The first-order chi connectivity index (χ1) is 11.0. The number of hydrogen-bond acceptors (Lipinski definition) is 2. The van der Waals surface area contributed by atoms with Crippen LogP contribution in [0.5, 0.6) is 5.75 Å². The van der Waals surface area contributed by atoms with Crippen LogP contribution < -0.4 is 4.74 Å². The van der Waals surface area contributed by atoms with Crippen LogP contribution in [0.4, 0.5) is 0 Å². The Morgan fingerprint density at radius 2 is 1.83 bits per heavy atom. The van der Waals surface area contributed by atoms with E-state index < -0.39 is 0 Å². The summed E-state index contributed by atoms with van der Waals surface area (Å²) in [5, 5.41) is 0. The smallest absolute Gasteiger partial charge is 0.119 e. The minimum absolute atomic E-state index is 0.00614. The van der Waals surface area contributed by atoms with Crippen molar-refractivity contribution in [1.82, 2.24) is 0 Å². The fourth-order valence-corrected chi connectivity index (χ4v) is 2.45. The standard InChI is InChI=1S/C21H34O2/c1-6-16-23-21(4,5)15-8-9-18(3)14-17-22-20-12-10-19(7-2)11-13-20/h10-14H,6-9,15-17H2,1-5H3/b18-14+. The van der Waals surface area contributed by atoms with Crippen molar-refractivity contribution in [3.63, 3.8) is 0 Å². The molecule has 0 aliphatic heterocycles. The van der Waals surface area contributed by atoms with E-state index in [1.54, 1.807) is 0 Å². The summed E-state index contributed by atoms with van der Waals surface area (Å²) in [6.45, 7) is 12.4. The molecule has 1 rings (SSSR count). The van der Waals surface area contributed by atoms with Crippen LogP contribution in [0.2, 0.25) is 0 Å². The van der Waals surface area contributed by atoms with E-state index >= 15 is 0 Å². The lowest BCUT2D eigenvalue weighted by atomic mass is 9.99. The molecule has 0 fully saturated rings. The largest absolute Gasteiger partial charge is 0.490 e. The number of hydrogen-bond donors (Lipinski definition) is 0. The van der Waals surface area contributed by atoms with Crippen LogP contribution in [-0.4, -0.2) is 18.8 Å². The molecule has 0 saturated carbocycles. The average molecular weight is 319 g/mol. The van der Waals surface area contributed by atoms with Crippen molar-refractivity contribution in [3.8, 4) is 5.75 Å². The van der Waals surface area contributed by atoms with Crippen molar-refractivity contribution in [2.75, 3.05) is 13.2 Å². The second-order valence-electron chi connectivity index (χ2n) is 6.82. The molecule has 2 heteroatoms. The molecule has 0 radical (unpaired) electrons. The monoisotopic (exact) mass is 318 g/mol. The second-order valence-corrected chi connectivity index (χ2v) is 6.82. The summed E-state index contributed by atoms with van der Waals surface area (Å²) in [6, 6.07) is 8.36. The maximum Gasteiger partial charge on any atom is 0.119 e. The molecular weight excluding hydrogens is 284 g/mol. The van der Waals surface area contributed by atoms with Gasteiger partial charge in [0.2, 0.25) is 0 Å². The highest BCUT2D eigenvalue weighted by atomic mass is 16.5. The van der Waals surface area contributed by atoms with Crippen LogP contribution in [0.25, 0.3) is 0 Å². The van der Waals surface area contributed by atoms with Crippen LogP contribution in [0.3, 0.4) is 0 Å². The van der Waals surface area contributed by atoms with Crippen LogP contribution in [-0.2, 0) is 11.2 Å². The SMILES string of the molecule is CCCOC(C)(C)CCC/C(C)=C/COc1ccc(CC)cc1. The minimum atomic E-state index is -0.00614. The third kappa shape index (κ3) is 8.80. The van der Waals surface area contributed by atoms with E-state index in [9.17, 15) is 0 Å². The summed E-state index contributed by atoms with van der Waals surface area (Å²) >= 11 is 0. The van der Waals surface area contributed by atoms with E-state index in [-0.39, 0.29) is 5.60 Å². The zero-order valence-corrected chi connectivity index (χ0v) is 15.7. The number of benzene rings is 1. The van der Waals surface area contributed by atoms with Gasteiger partial charge in [-0.1, -0.05) is 31.6 Å². The van der Waals surface area contributed by atoms with E-state index in [2.05, 4.69) is 65.0 Å². The molecule has 0 aliphatic carbocycles. The lowest BCUT2D eigenvalue weighted by Gasteiger charge is -2.25. The molecule has 23 heavy (non-hydrogen) atoms. The van der Waals surface area contributed by atoms with Crippen molar-refractivity contribution in [2.24, 2.45) is 0 Å². The zero-order chi connectivity index (χ0) is 17.1. The van der Waals surface area contributed by atoms with Gasteiger partial charge in [0.05, 0.1) is 5.60 Å². The molecule has 0 aliphatic rings. The van der Waals surface area contributed by atoms with Gasteiger partial charge in [-0.15, -0.1) is 0 Å². The topological polar surface area (TPSA) is 18.5 Å². The summed E-state index contributed by atoms with van der Waals surface area (Å²) in [4.78, 5) is 0. The van der Waals surface area contributed by atoms with Gasteiger partial charge < -0.3 is 9.47 Å². The van der Waals surface area contributed by atoms with E-state index in [1.165, 1.54) is 11.1 Å². The molecule has 0 bridgehead atoms. The third-order valence-corrected chi connectivity index (χ3v) is 4.06. The van der Waals surface area contributed by atoms with E-state index in [4.69, 9.17) is 9.47 Å². The summed E-state index contributed by atoms with van der Waals surface area (Å²) in [5.74, 6) is 0.945. The number of aryl methyl sites for hydroxylation is 1. The molecule has 2 nitrogen and oxygen atoms in total. The highest BCUT2D eigenvalue weighted by molar-refractivity contribution is 5.27. The zero-order valence-electron chi connectivity index (χ0n) is 15.7. The first-order valence-corrected chi connectivity index (χ1v) is 8.98. The van der Waals surface area contributed by atoms with Crippen LogP contribution >= 0.6 is 0 Å². The van der Waals surface area contributed by atoms with E-state index in [1.807, 2.05) is 0 Å². The Morgan fingerprint density at radius 3 is 2.43 bits per heavy atom. The van der Waals surface area contributed by atoms with Gasteiger partial charge in [-0.25, -0.2) is 0 Å². The number of allylic oxidation sites excluding steroid dienone is 1. The molecule has 130 valence electrons. The molecule has 0 heterocycles. The highest BCUT2D eigenvalue weighted by Gasteiger charge is 2.16. The van der Waals surface area contributed by atoms with Crippen molar-refractivity contribution in [1.29, 1.82) is 0 Å². The van der Waals surface area contributed by atoms with Crippen LogP contribution in [0.15, 0.2) is 35.9 Å². The summed E-state index contributed by atoms with van der Waals surface area (Å²) in [5.41, 5.74) is 2.73. The van der Waals surface area contributed by atoms with E-state index in [0.29, 0.717) is 6.61 Å². The quantitative estimate of drug-likeness (QED) is 0.469. The lowest BCUT2D eigenvalue weighted by molar-refractivity contribution is -0.0241. The van der Waals surface area contributed by atoms with Gasteiger partial charge in [-0.2, -0.15) is 0 Å². The number of ether oxygens (including phenoxy) is 2. The van der Waals surface area contributed by atoms with E-state index in [0.717, 1.165) is 44.5 Å². The molecule has 0 N–H and O–H groups in total. The van der Waals surface area contributed by atoms with Crippen LogP contribution in [0, 0.1) is 0 Å². The summed E-state index contributed by atoms with van der Waals surface area (Å²) in [7, 11) is 0. The van der Waals surface area contributed by atoms with Crippen LogP contribution in [0.1, 0.15) is 65.9 Å². The van der Waals surface area contributed by atoms with Crippen molar-refractivity contribution in [2.45, 2.75) is 72.3 Å². The van der Waals surface area contributed by atoms with Gasteiger partial charge in [0.25, 0.3) is 0 Å². The molecular formula is C21H34O2. The van der Waals surface area contributed by atoms with Gasteiger partial charge in [-0.05, 0) is 76.6 Å². The average Bonchev–Trinajstić information content (AvgIpc) is 2.53. The molecule has 1 aromatic rings. The molecule has 0 amide bonds. The maximum absolute atomic E-state index is 5.87. The maximum atomic E-state index is 5.87. The van der Waals surface area contributed by atoms with Gasteiger partial charge in [0.15, 0.2) is 0 Å².